The highest BCUT2D eigenvalue weighted by atomic mass is 16.4. The number of hydrogen-bond acceptors (Lipinski definition) is 2. The van der Waals surface area contributed by atoms with Gasteiger partial charge in [0.2, 0.25) is 0 Å². The second kappa shape index (κ2) is 6.93. The quantitative estimate of drug-likeness (QED) is 0.748. The van der Waals surface area contributed by atoms with Crippen molar-refractivity contribution < 1.29 is 14.7 Å². The van der Waals surface area contributed by atoms with Gasteiger partial charge in [-0.1, -0.05) is 26.0 Å². The standard InChI is InChI=1S/C15H22N2O3/c1-4-11-6-8-12(9-7-11)17-14(20)16-10-15(3,5-2)13(18)19/h6-9H,4-5,10H2,1-3H3,(H,18,19)(H2,16,17,20). The lowest BCUT2D eigenvalue weighted by Gasteiger charge is -2.23. The Morgan fingerprint density at radius 1 is 1.20 bits per heavy atom. The highest BCUT2D eigenvalue weighted by Crippen LogP contribution is 2.20. The summed E-state index contributed by atoms with van der Waals surface area (Å²) < 4.78 is 0. The Hall–Kier alpha value is -2.04. The Balaban J connectivity index is 2.53. The van der Waals surface area contributed by atoms with Crippen molar-refractivity contribution in [2.45, 2.75) is 33.6 Å². The third kappa shape index (κ3) is 4.26. The first-order valence-corrected chi connectivity index (χ1v) is 6.78. The molecule has 5 heteroatoms. The number of carbonyl (C=O) groups excluding carboxylic acids is 1. The van der Waals surface area contributed by atoms with E-state index in [0.717, 1.165) is 6.42 Å². The number of benzene rings is 1. The second-order valence-corrected chi connectivity index (χ2v) is 5.08. The van der Waals surface area contributed by atoms with Crippen molar-refractivity contribution in [3.05, 3.63) is 29.8 Å². The largest absolute Gasteiger partial charge is 0.481 e. The maximum Gasteiger partial charge on any atom is 0.319 e. The van der Waals surface area contributed by atoms with Crippen molar-refractivity contribution in [3.8, 4) is 0 Å². The van der Waals surface area contributed by atoms with Crippen molar-refractivity contribution in [1.82, 2.24) is 5.32 Å². The topological polar surface area (TPSA) is 78.4 Å². The Morgan fingerprint density at radius 3 is 2.25 bits per heavy atom. The molecule has 0 saturated carbocycles. The van der Waals surface area contributed by atoms with Gasteiger partial charge in [0.15, 0.2) is 0 Å². The predicted octanol–water partition coefficient (Wildman–Crippen LogP) is 2.87. The molecule has 0 aromatic heterocycles. The molecule has 0 aliphatic heterocycles. The molecular weight excluding hydrogens is 256 g/mol. The minimum absolute atomic E-state index is 0.0950. The number of carboxylic acids is 1. The average Bonchev–Trinajstić information content (AvgIpc) is 2.45. The van der Waals surface area contributed by atoms with Crippen LogP contribution in [0.3, 0.4) is 0 Å². The lowest BCUT2D eigenvalue weighted by molar-refractivity contribution is -0.147. The zero-order valence-corrected chi connectivity index (χ0v) is 12.2. The summed E-state index contributed by atoms with van der Waals surface area (Å²) >= 11 is 0. The van der Waals surface area contributed by atoms with Crippen LogP contribution >= 0.6 is 0 Å². The molecule has 20 heavy (non-hydrogen) atoms. The van der Waals surface area contributed by atoms with E-state index in [4.69, 9.17) is 5.11 Å². The van der Waals surface area contributed by atoms with Crippen molar-refractivity contribution in [3.63, 3.8) is 0 Å². The molecule has 5 nitrogen and oxygen atoms in total. The summed E-state index contributed by atoms with van der Waals surface area (Å²) in [6.45, 7) is 5.56. The van der Waals surface area contributed by atoms with Gasteiger partial charge >= 0.3 is 12.0 Å². The summed E-state index contributed by atoms with van der Waals surface area (Å²) in [6, 6.07) is 7.16. The molecule has 1 aromatic carbocycles. The fourth-order valence-electron chi connectivity index (χ4n) is 1.63. The average molecular weight is 278 g/mol. The van der Waals surface area contributed by atoms with Crippen molar-refractivity contribution >= 4 is 17.7 Å². The molecule has 1 rings (SSSR count). The molecule has 0 bridgehead atoms. The van der Waals surface area contributed by atoms with Gasteiger partial charge in [-0.05, 0) is 37.5 Å². The van der Waals surface area contributed by atoms with Gasteiger partial charge in [0, 0.05) is 12.2 Å². The van der Waals surface area contributed by atoms with Crippen molar-refractivity contribution in [2.75, 3.05) is 11.9 Å². The number of hydrogen-bond donors (Lipinski definition) is 3. The van der Waals surface area contributed by atoms with Crippen LogP contribution in [0.15, 0.2) is 24.3 Å². The van der Waals surface area contributed by atoms with Crippen LogP contribution in [0.25, 0.3) is 0 Å². The number of aryl methyl sites for hydroxylation is 1. The number of carbonyl (C=O) groups is 2. The van der Waals surface area contributed by atoms with Crippen LogP contribution in [-0.2, 0) is 11.2 Å². The molecule has 1 unspecified atom stereocenters. The Labute approximate surface area is 119 Å². The van der Waals surface area contributed by atoms with E-state index >= 15 is 0 Å². The first-order valence-electron chi connectivity index (χ1n) is 6.78. The third-order valence-electron chi connectivity index (χ3n) is 3.56. The van der Waals surface area contributed by atoms with E-state index in [-0.39, 0.29) is 6.54 Å². The monoisotopic (exact) mass is 278 g/mol. The lowest BCUT2D eigenvalue weighted by atomic mass is 9.88. The van der Waals surface area contributed by atoms with E-state index in [1.807, 2.05) is 24.3 Å². The summed E-state index contributed by atoms with van der Waals surface area (Å²) in [5, 5.41) is 14.4. The van der Waals surface area contributed by atoms with E-state index in [1.54, 1.807) is 13.8 Å². The SMILES string of the molecule is CCc1ccc(NC(=O)NCC(C)(CC)C(=O)O)cc1. The van der Waals surface area contributed by atoms with Gasteiger partial charge in [0.1, 0.15) is 0 Å². The van der Waals surface area contributed by atoms with Gasteiger partial charge in [-0.3, -0.25) is 4.79 Å². The number of carboxylic acid groups (broad SMARTS) is 1. The zero-order chi connectivity index (χ0) is 15.2. The van der Waals surface area contributed by atoms with Gasteiger partial charge in [-0.15, -0.1) is 0 Å². The minimum atomic E-state index is -0.941. The highest BCUT2D eigenvalue weighted by Gasteiger charge is 2.31. The van der Waals surface area contributed by atoms with Gasteiger partial charge < -0.3 is 15.7 Å². The van der Waals surface area contributed by atoms with Gasteiger partial charge in [-0.2, -0.15) is 0 Å². The van der Waals surface area contributed by atoms with E-state index in [2.05, 4.69) is 17.6 Å². The second-order valence-electron chi connectivity index (χ2n) is 5.08. The van der Waals surface area contributed by atoms with Crippen LogP contribution in [0.2, 0.25) is 0 Å². The summed E-state index contributed by atoms with van der Waals surface area (Å²) in [4.78, 5) is 22.9. The van der Waals surface area contributed by atoms with Crippen LogP contribution in [0, 0.1) is 5.41 Å². The lowest BCUT2D eigenvalue weighted by Crippen LogP contribution is -2.42. The molecule has 1 atom stereocenters. The number of urea groups is 1. The number of anilines is 1. The maximum atomic E-state index is 11.7. The van der Waals surface area contributed by atoms with E-state index in [0.29, 0.717) is 12.1 Å². The number of amides is 2. The molecule has 0 spiro atoms. The molecule has 0 aliphatic carbocycles. The molecule has 0 radical (unpaired) electrons. The molecule has 0 aliphatic rings. The maximum absolute atomic E-state index is 11.7. The Morgan fingerprint density at radius 2 is 1.80 bits per heavy atom. The summed E-state index contributed by atoms with van der Waals surface area (Å²) in [5.41, 5.74) is 0.942. The number of rotatable bonds is 6. The van der Waals surface area contributed by atoms with Crippen LogP contribution in [0.1, 0.15) is 32.8 Å². The number of nitrogens with one attached hydrogen (secondary N) is 2. The predicted molar refractivity (Wildman–Crippen MR) is 78.9 cm³/mol. The normalized spacial score (nSPS) is 13.3. The van der Waals surface area contributed by atoms with Crippen LogP contribution in [-0.4, -0.2) is 23.7 Å². The summed E-state index contributed by atoms with van der Waals surface area (Å²) in [7, 11) is 0. The van der Waals surface area contributed by atoms with E-state index < -0.39 is 17.4 Å². The zero-order valence-electron chi connectivity index (χ0n) is 12.2. The Bertz CT molecular complexity index is 471. The molecule has 3 N–H and O–H groups in total. The van der Waals surface area contributed by atoms with Crippen molar-refractivity contribution in [2.24, 2.45) is 5.41 Å². The van der Waals surface area contributed by atoms with E-state index in [1.165, 1.54) is 5.56 Å². The molecule has 0 fully saturated rings. The number of aliphatic carboxylic acids is 1. The minimum Gasteiger partial charge on any atom is -0.481 e. The molecular formula is C15H22N2O3. The molecule has 110 valence electrons. The van der Waals surface area contributed by atoms with E-state index in [9.17, 15) is 9.59 Å². The Kier molecular flexibility index (Phi) is 5.55. The molecule has 1 aromatic rings. The van der Waals surface area contributed by atoms with Gasteiger partial charge in [-0.25, -0.2) is 4.79 Å². The fourth-order valence-corrected chi connectivity index (χ4v) is 1.63. The van der Waals surface area contributed by atoms with Gasteiger partial charge in [0.05, 0.1) is 5.41 Å². The fraction of sp³-hybridized carbons (Fsp3) is 0.467. The van der Waals surface area contributed by atoms with Crippen LogP contribution in [0.4, 0.5) is 10.5 Å². The van der Waals surface area contributed by atoms with Crippen molar-refractivity contribution in [1.29, 1.82) is 0 Å². The smallest absolute Gasteiger partial charge is 0.319 e. The molecule has 0 saturated heterocycles. The van der Waals surface area contributed by atoms with Crippen LogP contribution in [0.5, 0.6) is 0 Å². The summed E-state index contributed by atoms with van der Waals surface area (Å²) in [6.07, 6.45) is 1.40. The first-order chi connectivity index (χ1) is 9.41. The first kappa shape index (κ1) is 16.0. The van der Waals surface area contributed by atoms with Gasteiger partial charge in [0.25, 0.3) is 0 Å². The van der Waals surface area contributed by atoms with Crippen LogP contribution < -0.4 is 10.6 Å². The molecule has 2 amide bonds. The third-order valence-corrected chi connectivity index (χ3v) is 3.56. The highest BCUT2D eigenvalue weighted by molar-refractivity contribution is 5.89. The molecule has 0 heterocycles. The summed E-state index contributed by atoms with van der Waals surface area (Å²) in [5.74, 6) is -0.910.